The maximum absolute atomic E-state index is 11.0. The van der Waals surface area contributed by atoms with E-state index in [-0.39, 0.29) is 27.6 Å². The number of phenolic OH excluding ortho intramolecular Hbond substituents is 2. The molecule has 2 bridgehead atoms. The Kier molecular flexibility index (Phi) is 6.40. The van der Waals surface area contributed by atoms with E-state index in [0.717, 1.165) is 23.5 Å². The van der Waals surface area contributed by atoms with Crippen molar-refractivity contribution in [2.24, 2.45) is 23.7 Å². The van der Waals surface area contributed by atoms with Gasteiger partial charge >= 0.3 is 0 Å². The van der Waals surface area contributed by atoms with Crippen LogP contribution in [0.4, 0.5) is 0 Å². The van der Waals surface area contributed by atoms with Gasteiger partial charge in [0, 0.05) is 17.1 Å². The summed E-state index contributed by atoms with van der Waals surface area (Å²) >= 11 is 3.94. The summed E-state index contributed by atoms with van der Waals surface area (Å²) in [7, 11) is 0. The van der Waals surface area contributed by atoms with Crippen molar-refractivity contribution < 1.29 is 15.3 Å². The van der Waals surface area contributed by atoms with Crippen molar-refractivity contribution in [1.82, 2.24) is 0 Å². The van der Waals surface area contributed by atoms with E-state index < -0.39 is 0 Å². The summed E-state index contributed by atoms with van der Waals surface area (Å²) in [5.41, 5.74) is 1.73. The van der Waals surface area contributed by atoms with Crippen LogP contribution in [-0.2, 0) is 4.08 Å². The van der Waals surface area contributed by atoms with Gasteiger partial charge in [0.25, 0.3) is 0 Å². The van der Waals surface area contributed by atoms with Crippen molar-refractivity contribution in [3.63, 3.8) is 0 Å². The standard InChI is InChI=1S/C24H36O3S2/c1-4-5-6-7-8-24(28-9-10-29-24)16-11-18(25)23(19(26)12-16)17-13-20(27)22-14(2)21(17)15(22)3/h11-12,14-15,17,20-22,25-27H,4-10,13H2,1-3H3/t14-,15?,17-,20?,21?,22?/m1/s1. The van der Waals surface area contributed by atoms with Crippen LogP contribution in [0.5, 0.6) is 11.5 Å². The monoisotopic (exact) mass is 436 g/mol. The lowest BCUT2D eigenvalue weighted by Gasteiger charge is -2.60. The second kappa shape index (κ2) is 8.55. The first-order valence-electron chi connectivity index (χ1n) is 11.4. The van der Waals surface area contributed by atoms with Gasteiger partial charge in [-0.15, -0.1) is 23.5 Å². The van der Waals surface area contributed by atoms with Crippen LogP contribution in [0.3, 0.4) is 0 Å². The van der Waals surface area contributed by atoms with E-state index in [1.165, 1.54) is 25.7 Å². The highest BCUT2D eigenvalue weighted by Gasteiger charge is 2.57. The topological polar surface area (TPSA) is 60.7 Å². The number of aliphatic hydroxyl groups excluding tert-OH is 1. The number of rotatable bonds is 7. The molecule has 5 rings (SSSR count). The van der Waals surface area contributed by atoms with Crippen LogP contribution in [0.1, 0.15) is 76.3 Å². The molecule has 1 heterocycles. The quantitative estimate of drug-likeness (QED) is 0.453. The normalized spacial score (nSPS) is 35.4. The van der Waals surface area contributed by atoms with Gasteiger partial charge in [0.1, 0.15) is 11.5 Å². The number of hydrogen-bond donors (Lipinski definition) is 3. The van der Waals surface area contributed by atoms with E-state index >= 15 is 0 Å². The van der Waals surface area contributed by atoms with E-state index in [1.54, 1.807) is 0 Å². The molecule has 162 valence electrons. The Bertz CT molecular complexity index is 692. The van der Waals surface area contributed by atoms with Gasteiger partial charge in [0.2, 0.25) is 0 Å². The molecule has 1 aromatic carbocycles. The highest BCUT2D eigenvalue weighted by molar-refractivity contribution is 8.20. The fourth-order valence-corrected chi connectivity index (χ4v) is 9.87. The number of aliphatic hydroxyl groups is 1. The van der Waals surface area contributed by atoms with Crippen LogP contribution in [-0.4, -0.2) is 32.9 Å². The Labute approximate surface area is 184 Å². The van der Waals surface area contributed by atoms with Crippen molar-refractivity contribution in [3.05, 3.63) is 23.3 Å². The third kappa shape index (κ3) is 3.70. The second-order valence-corrected chi connectivity index (χ2v) is 12.5. The summed E-state index contributed by atoms with van der Waals surface area (Å²) in [5.74, 6) is 4.43. The number of phenols is 2. The lowest BCUT2D eigenvalue weighted by atomic mass is 9.46. The van der Waals surface area contributed by atoms with E-state index in [2.05, 4.69) is 20.8 Å². The molecule has 6 atom stereocenters. The zero-order valence-corrected chi connectivity index (χ0v) is 19.6. The fraction of sp³-hybridized carbons (Fsp3) is 0.750. The number of thioether (sulfide) groups is 2. The van der Waals surface area contributed by atoms with Crippen molar-refractivity contribution in [1.29, 1.82) is 0 Å². The third-order valence-corrected chi connectivity index (χ3v) is 11.5. The van der Waals surface area contributed by atoms with Crippen LogP contribution in [0.25, 0.3) is 0 Å². The molecular formula is C24H36O3S2. The molecule has 4 fully saturated rings. The molecule has 3 N–H and O–H groups in total. The Morgan fingerprint density at radius 1 is 0.966 bits per heavy atom. The largest absolute Gasteiger partial charge is 0.508 e. The number of aromatic hydroxyl groups is 2. The predicted octanol–water partition coefficient (Wildman–Crippen LogP) is 6.07. The van der Waals surface area contributed by atoms with Gasteiger partial charge in [0.05, 0.1) is 10.2 Å². The smallest absolute Gasteiger partial charge is 0.123 e. The van der Waals surface area contributed by atoms with Crippen LogP contribution in [0, 0.1) is 23.7 Å². The van der Waals surface area contributed by atoms with Crippen LogP contribution < -0.4 is 0 Å². The van der Waals surface area contributed by atoms with Gasteiger partial charge in [-0.3, -0.25) is 0 Å². The molecule has 5 heteroatoms. The van der Waals surface area contributed by atoms with Crippen molar-refractivity contribution in [2.75, 3.05) is 11.5 Å². The SMILES string of the molecule is CCCCCCC1(c2cc(O)c([C@@H]3CC(O)C4C(C)C3[C@H]4C)c(O)c2)SCCS1. The summed E-state index contributed by atoms with van der Waals surface area (Å²) in [6, 6.07) is 3.85. The molecule has 1 saturated heterocycles. The highest BCUT2D eigenvalue weighted by atomic mass is 32.2. The summed E-state index contributed by atoms with van der Waals surface area (Å²) in [5, 5.41) is 32.7. The van der Waals surface area contributed by atoms with Gasteiger partial charge in [-0.1, -0.05) is 46.5 Å². The average molecular weight is 437 g/mol. The minimum absolute atomic E-state index is 0.0402. The Hall–Kier alpha value is -0.520. The van der Waals surface area contributed by atoms with E-state index in [1.807, 2.05) is 35.7 Å². The number of benzene rings is 1. The molecule has 1 aromatic rings. The first-order valence-corrected chi connectivity index (χ1v) is 13.4. The Morgan fingerprint density at radius 3 is 2.14 bits per heavy atom. The zero-order valence-electron chi connectivity index (χ0n) is 17.9. The lowest BCUT2D eigenvalue weighted by molar-refractivity contribution is -0.141. The molecule has 3 nitrogen and oxygen atoms in total. The lowest BCUT2D eigenvalue weighted by Crippen LogP contribution is -2.57. The molecule has 3 aliphatic carbocycles. The summed E-state index contributed by atoms with van der Waals surface area (Å²) in [4.78, 5) is 0. The van der Waals surface area contributed by atoms with Crippen molar-refractivity contribution in [3.8, 4) is 11.5 Å². The van der Waals surface area contributed by atoms with Crippen LogP contribution in [0.2, 0.25) is 0 Å². The molecule has 29 heavy (non-hydrogen) atoms. The number of hydrogen-bond acceptors (Lipinski definition) is 5. The molecule has 4 aliphatic rings. The maximum Gasteiger partial charge on any atom is 0.123 e. The molecule has 0 amide bonds. The Balaban J connectivity index is 1.61. The third-order valence-electron chi connectivity index (χ3n) is 7.89. The molecular weight excluding hydrogens is 400 g/mol. The van der Waals surface area contributed by atoms with Gasteiger partial charge in [-0.05, 0) is 60.1 Å². The summed E-state index contributed by atoms with van der Waals surface area (Å²) in [6.45, 7) is 6.66. The highest BCUT2D eigenvalue weighted by Crippen LogP contribution is 2.63. The van der Waals surface area contributed by atoms with Crippen LogP contribution >= 0.6 is 23.5 Å². The van der Waals surface area contributed by atoms with Gasteiger partial charge in [0.15, 0.2) is 0 Å². The molecule has 4 unspecified atom stereocenters. The van der Waals surface area contributed by atoms with Crippen molar-refractivity contribution >= 4 is 23.5 Å². The van der Waals surface area contributed by atoms with Crippen molar-refractivity contribution in [2.45, 2.75) is 75.4 Å². The number of unbranched alkanes of at least 4 members (excludes halogenated alkanes) is 3. The minimum atomic E-state index is -0.334. The van der Waals surface area contributed by atoms with E-state index in [0.29, 0.717) is 35.7 Å². The minimum Gasteiger partial charge on any atom is -0.508 e. The van der Waals surface area contributed by atoms with Gasteiger partial charge in [-0.2, -0.15) is 0 Å². The van der Waals surface area contributed by atoms with Crippen LogP contribution in [0.15, 0.2) is 12.1 Å². The van der Waals surface area contributed by atoms with Gasteiger partial charge < -0.3 is 15.3 Å². The number of fused-ring (bicyclic) bond motifs is 2. The first kappa shape index (κ1) is 21.7. The summed E-state index contributed by atoms with van der Waals surface area (Å²) in [6.07, 6.45) is 6.33. The molecule has 0 aromatic heterocycles. The maximum atomic E-state index is 11.0. The molecule has 0 radical (unpaired) electrons. The molecule has 3 saturated carbocycles. The molecule has 1 aliphatic heterocycles. The molecule has 0 spiro atoms. The van der Waals surface area contributed by atoms with E-state index in [9.17, 15) is 15.3 Å². The van der Waals surface area contributed by atoms with Gasteiger partial charge in [-0.25, -0.2) is 0 Å². The second-order valence-electron chi connectivity index (χ2n) is 9.47. The Morgan fingerprint density at radius 2 is 1.59 bits per heavy atom. The summed E-state index contributed by atoms with van der Waals surface area (Å²) < 4.78 is -0.0462. The zero-order chi connectivity index (χ0) is 20.8. The average Bonchev–Trinajstić information content (AvgIpc) is 3.14. The first-order chi connectivity index (χ1) is 13.9. The van der Waals surface area contributed by atoms with E-state index in [4.69, 9.17) is 0 Å². The predicted molar refractivity (Wildman–Crippen MR) is 124 cm³/mol. The fourth-order valence-electron chi connectivity index (χ4n) is 6.56.